The highest BCUT2D eigenvalue weighted by Crippen LogP contribution is 2.29. The Kier molecular flexibility index (Phi) is 4.58. The molecule has 4 nitrogen and oxygen atoms in total. The molecule has 0 saturated heterocycles. The topological polar surface area (TPSA) is 64.3 Å². The molecule has 0 unspecified atom stereocenters. The maximum atomic E-state index is 11.5. The summed E-state index contributed by atoms with van der Waals surface area (Å²) in [7, 11) is 1.65. The maximum absolute atomic E-state index is 11.5. The molecule has 0 aliphatic heterocycles. The summed E-state index contributed by atoms with van der Waals surface area (Å²) >= 11 is 1.40. The number of methoxy groups -OCH3 is 1. The van der Waals surface area contributed by atoms with Gasteiger partial charge >= 0.3 is 0 Å². The first-order valence-corrected chi connectivity index (χ1v) is 5.66. The lowest BCUT2D eigenvalue weighted by molar-refractivity contribution is 0.0993. The third-order valence-electron chi connectivity index (χ3n) is 1.94. The number of carbonyl (C=O) groups is 1. The molecule has 0 bridgehead atoms. The van der Waals surface area contributed by atoms with E-state index in [0.29, 0.717) is 23.6 Å². The summed E-state index contributed by atoms with van der Waals surface area (Å²) in [5, 5.41) is 4.06. The lowest BCUT2D eigenvalue weighted by atomic mass is 10.2. The standard InChI is InChI=1S/C10H16N2O2S/c1-3-8(13)10-7(11)6-9(15-10)12-4-5-14-2/h6,12H,3-5,11H2,1-2H3. The molecule has 0 aliphatic rings. The molecule has 3 N–H and O–H groups in total. The Morgan fingerprint density at radius 1 is 1.67 bits per heavy atom. The van der Waals surface area contributed by atoms with Crippen molar-refractivity contribution >= 4 is 27.8 Å². The van der Waals surface area contributed by atoms with E-state index in [1.165, 1.54) is 11.3 Å². The average Bonchev–Trinajstić information content (AvgIpc) is 2.59. The number of hydrogen-bond donors (Lipinski definition) is 2. The Morgan fingerprint density at radius 3 is 3.00 bits per heavy atom. The van der Waals surface area contributed by atoms with Crippen LogP contribution in [0.3, 0.4) is 0 Å². The second kappa shape index (κ2) is 5.72. The number of nitrogen functional groups attached to an aromatic ring is 1. The van der Waals surface area contributed by atoms with Gasteiger partial charge in [0.2, 0.25) is 0 Å². The normalized spacial score (nSPS) is 10.3. The van der Waals surface area contributed by atoms with Crippen molar-refractivity contribution in [2.75, 3.05) is 31.3 Å². The number of ether oxygens (including phenoxy) is 1. The second-order valence-corrected chi connectivity index (χ2v) is 4.14. The molecule has 1 aromatic heterocycles. The highest BCUT2D eigenvalue weighted by molar-refractivity contribution is 7.18. The second-order valence-electron chi connectivity index (χ2n) is 3.09. The highest BCUT2D eigenvalue weighted by atomic mass is 32.1. The van der Waals surface area contributed by atoms with Gasteiger partial charge in [0.15, 0.2) is 5.78 Å². The van der Waals surface area contributed by atoms with E-state index in [2.05, 4.69) is 5.32 Å². The monoisotopic (exact) mass is 228 g/mol. The average molecular weight is 228 g/mol. The van der Waals surface area contributed by atoms with E-state index in [0.717, 1.165) is 11.5 Å². The molecule has 1 heterocycles. The van der Waals surface area contributed by atoms with Gasteiger partial charge in [-0.2, -0.15) is 0 Å². The molecule has 0 atom stereocenters. The fourth-order valence-electron chi connectivity index (χ4n) is 1.15. The largest absolute Gasteiger partial charge is 0.397 e. The van der Waals surface area contributed by atoms with E-state index < -0.39 is 0 Å². The molecule has 0 saturated carbocycles. The summed E-state index contributed by atoms with van der Waals surface area (Å²) in [6.45, 7) is 3.19. The molecule has 0 radical (unpaired) electrons. The molecular weight excluding hydrogens is 212 g/mol. The van der Waals surface area contributed by atoms with Crippen LogP contribution in [0.4, 0.5) is 10.7 Å². The molecule has 15 heavy (non-hydrogen) atoms. The molecule has 84 valence electrons. The quantitative estimate of drug-likeness (QED) is 0.577. The first-order chi connectivity index (χ1) is 7.19. The van der Waals surface area contributed by atoms with E-state index in [1.54, 1.807) is 13.2 Å². The van der Waals surface area contributed by atoms with Crippen molar-refractivity contribution in [1.29, 1.82) is 0 Å². The van der Waals surface area contributed by atoms with Gasteiger partial charge in [0.25, 0.3) is 0 Å². The number of rotatable bonds is 6. The van der Waals surface area contributed by atoms with E-state index in [1.807, 2.05) is 6.92 Å². The Bertz CT molecular complexity index is 336. The Hall–Kier alpha value is -1.07. The smallest absolute Gasteiger partial charge is 0.174 e. The van der Waals surface area contributed by atoms with Crippen LogP contribution in [0.15, 0.2) is 6.07 Å². The van der Waals surface area contributed by atoms with Gasteiger partial charge in [-0.1, -0.05) is 6.92 Å². The van der Waals surface area contributed by atoms with Gasteiger partial charge in [0, 0.05) is 20.1 Å². The predicted molar refractivity (Wildman–Crippen MR) is 63.7 cm³/mol. The van der Waals surface area contributed by atoms with E-state index in [9.17, 15) is 4.79 Å². The van der Waals surface area contributed by atoms with Gasteiger partial charge < -0.3 is 15.8 Å². The fourth-order valence-corrected chi connectivity index (χ4v) is 2.16. The van der Waals surface area contributed by atoms with Crippen molar-refractivity contribution in [2.45, 2.75) is 13.3 Å². The molecule has 1 rings (SSSR count). The van der Waals surface area contributed by atoms with Crippen molar-refractivity contribution in [3.63, 3.8) is 0 Å². The van der Waals surface area contributed by atoms with Crippen LogP contribution in [-0.4, -0.2) is 26.0 Å². The zero-order valence-corrected chi connectivity index (χ0v) is 9.82. The first kappa shape index (κ1) is 12.0. The number of thiophene rings is 1. The molecule has 0 aromatic carbocycles. The number of carbonyl (C=O) groups excluding carboxylic acids is 1. The zero-order chi connectivity index (χ0) is 11.3. The lowest BCUT2D eigenvalue weighted by Crippen LogP contribution is -2.06. The van der Waals surface area contributed by atoms with Gasteiger partial charge in [-0.25, -0.2) is 0 Å². The van der Waals surface area contributed by atoms with E-state index >= 15 is 0 Å². The Labute approximate surface area is 93.4 Å². The van der Waals surface area contributed by atoms with Crippen LogP contribution in [0.1, 0.15) is 23.0 Å². The Balaban J connectivity index is 2.64. The van der Waals surface area contributed by atoms with Crippen LogP contribution in [0.2, 0.25) is 0 Å². The minimum atomic E-state index is 0.0947. The van der Waals surface area contributed by atoms with Crippen LogP contribution in [-0.2, 0) is 4.74 Å². The van der Waals surface area contributed by atoms with Crippen molar-refractivity contribution in [1.82, 2.24) is 0 Å². The molecule has 1 aromatic rings. The molecule has 0 amide bonds. The van der Waals surface area contributed by atoms with Crippen molar-refractivity contribution in [3.8, 4) is 0 Å². The van der Waals surface area contributed by atoms with Crippen molar-refractivity contribution in [3.05, 3.63) is 10.9 Å². The number of Topliss-reactive ketones (excluding diaryl/α,β-unsaturated/α-hetero) is 1. The maximum Gasteiger partial charge on any atom is 0.174 e. The van der Waals surface area contributed by atoms with E-state index in [-0.39, 0.29) is 5.78 Å². The summed E-state index contributed by atoms with van der Waals surface area (Å²) in [6, 6.07) is 1.79. The Morgan fingerprint density at radius 2 is 2.40 bits per heavy atom. The van der Waals surface area contributed by atoms with E-state index in [4.69, 9.17) is 10.5 Å². The highest BCUT2D eigenvalue weighted by Gasteiger charge is 2.12. The third kappa shape index (κ3) is 3.21. The first-order valence-electron chi connectivity index (χ1n) is 4.84. The fraction of sp³-hybridized carbons (Fsp3) is 0.500. The van der Waals surface area contributed by atoms with Crippen LogP contribution < -0.4 is 11.1 Å². The van der Waals surface area contributed by atoms with Gasteiger partial charge in [-0.15, -0.1) is 11.3 Å². The summed E-state index contributed by atoms with van der Waals surface area (Å²) < 4.78 is 4.91. The van der Waals surface area contributed by atoms with Crippen LogP contribution in [0.25, 0.3) is 0 Å². The van der Waals surface area contributed by atoms with Gasteiger partial charge in [0.05, 0.1) is 22.2 Å². The number of anilines is 2. The minimum absolute atomic E-state index is 0.0947. The van der Waals surface area contributed by atoms with Gasteiger partial charge in [-0.05, 0) is 6.07 Å². The summed E-state index contributed by atoms with van der Waals surface area (Å²) in [4.78, 5) is 12.1. The van der Waals surface area contributed by atoms with Crippen molar-refractivity contribution in [2.24, 2.45) is 0 Å². The SMILES string of the molecule is CCC(=O)c1sc(NCCOC)cc1N. The van der Waals surface area contributed by atoms with Crippen LogP contribution in [0.5, 0.6) is 0 Å². The van der Waals surface area contributed by atoms with Gasteiger partial charge in [-0.3, -0.25) is 4.79 Å². The molecule has 0 aliphatic carbocycles. The summed E-state index contributed by atoms with van der Waals surface area (Å²) in [5.41, 5.74) is 6.30. The van der Waals surface area contributed by atoms with Crippen molar-refractivity contribution < 1.29 is 9.53 Å². The predicted octanol–water partition coefficient (Wildman–Crippen LogP) is 1.98. The molecule has 0 fully saturated rings. The molecule has 5 heteroatoms. The lowest BCUT2D eigenvalue weighted by Gasteiger charge is -2.00. The number of nitrogens with one attached hydrogen (secondary N) is 1. The van der Waals surface area contributed by atoms with Gasteiger partial charge in [0.1, 0.15) is 0 Å². The zero-order valence-electron chi connectivity index (χ0n) is 9.00. The molecular formula is C10H16N2O2S. The third-order valence-corrected chi connectivity index (χ3v) is 3.09. The number of hydrogen-bond acceptors (Lipinski definition) is 5. The number of nitrogens with two attached hydrogens (primary N) is 1. The number of ketones is 1. The minimum Gasteiger partial charge on any atom is -0.397 e. The summed E-state index contributed by atoms with van der Waals surface area (Å²) in [5.74, 6) is 0.0947. The molecule has 0 spiro atoms. The summed E-state index contributed by atoms with van der Waals surface area (Å²) in [6.07, 6.45) is 0.488. The van der Waals surface area contributed by atoms with Crippen LogP contribution in [0, 0.1) is 0 Å². The van der Waals surface area contributed by atoms with Crippen LogP contribution >= 0.6 is 11.3 Å².